The molecule has 0 aliphatic carbocycles. The molecule has 0 atom stereocenters. The van der Waals surface area contributed by atoms with E-state index in [1.54, 1.807) is 0 Å². The van der Waals surface area contributed by atoms with E-state index in [-0.39, 0.29) is 0 Å². The quantitative estimate of drug-likeness (QED) is 0.937. The molecule has 1 aliphatic rings. The highest BCUT2D eigenvalue weighted by Gasteiger charge is 2.20. The van der Waals surface area contributed by atoms with Crippen LogP contribution in [-0.4, -0.2) is 38.3 Å². The van der Waals surface area contributed by atoms with Gasteiger partial charge >= 0.3 is 0 Å². The highest BCUT2D eigenvalue weighted by Crippen LogP contribution is 2.29. The Kier molecular flexibility index (Phi) is 4.36. The Balaban J connectivity index is 1.96. The maximum atomic E-state index is 5.48. The Bertz CT molecular complexity index is 606. The van der Waals surface area contributed by atoms with Gasteiger partial charge in [0, 0.05) is 37.8 Å². The Hall–Kier alpha value is -1.65. The molecule has 3 rings (SSSR count). The number of rotatable bonds is 4. The smallest absolute Gasteiger partial charge is 0.0726 e. The molecular formula is C17H23N3O. The average molecular weight is 285 g/mol. The topological polar surface area (TPSA) is 37.4 Å². The number of piperidine rings is 1. The van der Waals surface area contributed by atoms with Gasteiger partial charge in [-0.15, -0.1) is 0 Å². The molecular weight excluding hydrogens is 262 g/mol. The lowest BCUT2D eigenvalue weighted by molar-refractivity contribution is 0.0819. The standard InChI is InChI=1S/C17H23N3O/c1-18-12-13-11-17(15-5-3-4-6-16(15)19-13)20-9-7-14(21-2)8-10-20/h3-6,11,14,18H,7-10,12H2,1-2H3. The van der Waals surface area contributed by atoms with Crippen LogP contribution in [0.25, 0.3) is 10.9 Å². The lowest BCUT2D eigenvalue weighted by Gasteiger charge is -2.33. The largest absolute Gasteiger partial charge is 0.381 e. The number of para-hydroxylation sites is 1. The number of anilines is 1. The van der Waals surface area contributed by atoms with Crippen molar-refractivity contribution in [2.75, 3.05) is 32.1 Å². The second-order valence-corrected chi connectivity index (χ2v) is 5.60. The van der Waals surface area contributed by atoms with Crippen molar-refractivity contribution >= 4 is 16.6 Å². The summed E-state index contributed by atoms with van der Waals surface area (Å²) in [5.74, 6) is 0. The van der Waals surface area contributed by atoms with Crippen molar-refractivity contribution in [2.24, 2.45) is 0 Å². The summed E-state index contributed by atoms with van der Waals surface area (Å²) >= 11 is 0. The highest BCUT2D eigenvalue weighted by molar-refractivity contribution is 5.92. The van der Waals surface area contributed by atoms with Gasteiger partial charge in [-0.05, 0) is 32.0 Å². The van der Waals surface area contributed by atoms with Crippen LogP contribution in [0.5, 0.6) is 0 Å². The fourth-order valence-electron chi connectivity index (χ4n) is 3.08. The molecule has 1 fully saturated rings. The number of nitrogens with zero attached hydrogens (tertiary/aromatic N) is 2. The number of fused-ring (bicyclic) bond motifs is 1. The molecule has 0 unspecified atom stereocenters. The minimum absolute atomic E-state index is 0.408. The van der Waals surface area contributed by atoms with E-state index in [4.69, 9.17) is 9.72 Å². The van der Waals surface area contributed by atoms with Gasteiger partial charge in [-0.25, -0.2) is 0 Å². The number of pyridine rings is 1. The Morgan fingerprint density at radius 3 is 2.76 bits per heavy atom. The molecule has 1 aliphatic heterocycles. The molecule has 2 aromatic rings. The fourth-order valence-corrected chi connectivity index (χ4v) is 3.08. The first-order chi connectivity index (χ1) is 10.3. The van der Waals surface area contributed by atoms with Crippen molar-refractivity contribution in [3.05, 3.63) is 36.0 Å². The predicted octanol–water partition coefficient (Wildman–Crippen LogP) is 2.57. The summed E-state index contributed by atoms with van der Waals surface area (Å²) in [7, 11) is 3.77. The van der Waals surface area contributed by atoms with Gasteiger partial charge in [-0.2, -0.15) is 0 Å². The first kappa shape index (κ1) is 14.3. The van der Waals surface area contributed by atoms with E-state index >= 15 is 0 Å². The van der Waals surface area contributed by atoms with E-state index in [2.05, 4.69) is 40.5 Å². The van der Waals surface area contributed by atoms with Gasteiger partial charge in [-0.1, -0.05) is 18.2 Å². The molecule has 112 valence electrons. The molecule has 0 saturated carbocycles. The molecule has 1 saturated heterocycles. The van der Waals surface area contributed by atoms with E-state index in [0.717, 1.165) is 43.7 Å². The highest BCUT2D eigenvalue weighted by atomic mass is 16.5. The molecule has 2 heterocycles. The van der Waals surface area contributed by atoms with Crippen molar-refractivity contribution in [2.45, 2.75) is 25.5 Å². The number of hydrogen-bond acceptors (Lipinski definition) is 4. The van der Waals surface area contributed by atoms with E-state index in [1.165, 1.54) is 11.1 Å². The molecule has 4 heteroatoms. The Morgan fingerprint density at radius 1 is 1.29 bits per heavy atom. The Labute approximate surface area is 126 Å². The third kappa shape index (κ3) is 3.01. The van der Waals surface area contributed by atoms with Gasteiger partial charge in [0.05, 0.1) is 17.3 Å². The van der Waals surface area contributed by atoms with Gasteiger partial charge in [0.15, 0.2) is 0 Å². The predicted molar refractivity (Wildman–Crippen MR) is 86.8 cm³/mol. The first-order valence-electron chi connectivity index (χ1n) is 7.63. The van der Waals surface area contributed by atoms with Crippen LogP contribution in [0.15, 0.2) is 30.3 Å². The number of ether oxygens (including phenoxy) is 1. The molecule has 21 heavy (non-hydrogen) atoms. The summed E-state index contributed by atoms with van der Waals surface area (Å²) in [6.45, 7) is 2.89. The second kappa shape index (κ2) is 6.41. The van der Waals surface area contributed by atoms with Gasteiger partial charge in [0.25, 0.3) is 0 Å². The van der Waals surface area contributed by atoms with Crippen LogP contribution in [0.4, 0.5) is 5.69 Å². The van der Waals surface area contributed by atoms with Gasteiger partial charge < -0.3 is 15.0 Å². The van der Waals surface area contributed by atoms with Crippen LogP contribution in [0.2, 0.25) is 0 Å². The molecule has 4 nitrogen and oxygen atoms in total. The van der Waals surface area contributed by atoms with Crippen molar-refractivity contribution in [3.63, 3.8) is 0 Å². The average Bonchev–Trinajstić information content (AvgIpc) is 2.54. The van der Waals surface area contributed by atoms with Gasteiger partial charge in [0.2, 0.25) is 0 Å². The zero-order valence-corrected chi connectivity index (χ0v) is 12.8. The van der Waals surface area contributed by atoms with Crippen LogP contribution < -0.4 is 10.2 Å². The van der Waals surface area contributed by atoms with Crippen molar-refractivity contribution in [1.29, 1.82) is 0 Å². The number of aromatic nitrogens is 1. The molecule has 0 bridgehead atoms. The number of benzene rings is 1. The first-order valence-corrected chi connectivity index (χ1v) is 7.63. The van der Waals surface area contributed by atoms with Crippen LogP contribution in [0.1, 0.15) is 18.5 Å². The third-order valence-electron chi connectivity index (χ3n) is 4.22. The SMILES string of the molecule is CNCc1cc(N2CCC(OC)CC2)c2ccccc2n1. The van der Waals surface area contributed by atoms with Crippen LogP contribution in [-0.2, 0) is 11.3 Å². The number of hydrogen-bond donors (Lipinski definition) is 1. The van der Waals surface area contributed by atoms with E-state index in [0.29, 0.717) is 6.10 Å². The number of nitrogens with one attached hydrogen (secondary N) is 1. The van der Waals surface area contributed by atoms with Gasteiger partial charge in [0.1, 0.15) is 0 Å². The van der Waals surface area contributed by atoms with Crippen molar-refractivity contribution in [3.8, 4) is 0 Å². The van der Waals surface area contributed by atoms with Gasteiger partial charge in [-0.3, -0.25) is 4.98 Å². The summed E-state index contributed by atoms with van der Waals surface area (Å²) in [6.07, 6.45) is 2.59. The fraction of sp³-hybridized carbons (Fsp3) is 0.471. The minimum atomic E-state index is 0.408. The van der Waals surface area contributed by atoms with E-state index in [9.17, 15) is 0 Å². The normalized spacial score (nSPS) is 16.6. The molecule has 1 aromatic heterocycles. The molecule has 0 radical (unpaired) electrons. The maximum Gasteiger partial charge on any atom is 0.0726 e. The zero-order valence-electron chi connectivity index (χ0n) is 12.8. The molecule has 0 spiro atoms. The maximum absolute atomic E-state index is 5.48. The molecule has 1 N–H and O–H groups in total. The number of methoxy groups -OCH3 is 1. The minimum Gasteiger partial charge on any atom is -0.381 e. The van der Waals surface area contributed by atoms with Crippen LogP contribution in [0, 0.1) is 0 Å². The van der Waals surface area contributed by atoms with E-state index in [1.807, 2.05) is 14.2 Å². The van der Waals surface area contributed by atoms with E-state index < -0.39 is 0 Å². The lowest BCUT2D eigenvalue weighted by atomic mass is 10.0. The van der Waals surface area contributed by atoms with Crippen molar-refractivity contribution < 1.29 is 4.74 Å². The monoisotopic (exact) mass is 285 g/mol. The summed E-state index contributed by atoms with van der Waals surface area (Å²) in [5, 5.41) is 4.44. The molecule has 1 aromatic carbocycles. The summed E-state index contributed by atoms with van der Waals surface area (Å²) < 4.78 is 5.48. The Morgan fingerprint density at radius 2 is 2.05 bits per heavy atom. The van der Waals surface area contributed by atoms with Crippen LogP contribution in [0.3, 0.4) is 0 Å². The zero-order chi connectivity index (χ0) is 14.7. The third-order valence-corrected chi connectivity index (χ3v) is 4.22. The molecule has 0 amide bonds. The van der Waals surface area contributed by atoms with Crippen molar-refractivity contribution in [1.82, 2.24) is 10.3 Å². The van der Waals surface area contributed by atoms with Crippen LogP contribution >= 0.6 is 0 Å². The summed E-state index contributed by atoms with van der Waals surface area (Å²) in [4.78, 5) is 7.21. The second-order valence-electron chi connectivity index (χ2n) is 5.60. The lowest BCUT2D eigenvalue weighted by Crippen LogP contribution is -2.36. The summed E-state index contributed by atoms with van der Waals surface area (Å²) in [6, 6.07) is 10.6. The summed E-state index contributed by atoms with van der Waals surface area (Å²) in [5.41, 5.74) is 3.48.